The van der Waals surface area contributed by atoms with Crippen molar-refractivity contribution in [3.05, 3.63) is 53.6 Å². The van der Waals surface area contributed by atoms with E-state index in [9.17, 15) is 8.42 Å². The first kappa shape index (κ1) is 19.0. The van der Waals surface area contributed by atoms with E-state index in [0.717, 1.165) is 31.4 Å². The molecule has 0 spiro atoms. The van der Waals surface area contributed by atoms with Gasteiger partial charge in [-0.3, -0.25) is 4.72 Å². The Hall–Kier alpha value is -2.38. The number of sulfonamides is 1. The van der Waals surface area contributed by atoms with E-state index >= 15 is 0 Å². The lowest BCUT2D eigenvalue weighted by Gasteiger charge is -2.32. The molecule has 1 aliphatic heterocycles. The van der Waals surface area contributed by atoms with Crippen LogP contribution >= 0.6 is 11.6 Å². The van der Waals surface area contributed by atoms with Crippen LogP contribution in [0.1, 0.15) is 19.8 Å². The van der Waals surface area contributed by atoms with Crippen LogP contribution in [-0.4, -0.2) is 31.5 Å². The highest BCUT2D eigenvalue weighted by atomic mass is 35.5. The zero-order valence-electron chi connectivity index (χ0n) is 15.5. The van der Waals surface area contributed by atoms with Crippen LogP contribution in [0.15, 0.2) is 53.4 Å². The minimum absolute atomic E-state index is 0.129. The maximum Gasteiger partial charge on any atom is 0.263 e. The predicted molar refractivity (Wildman–Crippen MR) is 112 cm³/mol. The summed E-state index contributed by atoms with van der Waals surface area (Å²) in [5.41, 5.74) is 1.38. The van der Waals surface area contributed by atoms with Gasteiger partial charge < -0.3 is 4.90 Å². The number of nitrogens with one attached hydrogen (secondary N) is 1. The van der Waals surface area contributed by atoms with E-state index in [1.54, 1.807) is 12.1 Å². The lowest BCUT2D eigenvalue weighted by molar-refractivity contribution is 0.445. The smallest absolute Gasteiger partial charge is 0.263 e. The Labute approximate surface area is 169 Å². The van der Waals surface area contributed by atoms with Crippen LogP contribution in [0.2, 0.25) is 5.02 Å². The minimum atomic E-state index is -3.81. The summed E-state index contributed by atoms with van der Waals surface area (Å²) in [4.78, 5) is 11.6. The molecule has 146 valence electrons. The molecule has 28 heavy (non-hydrogen) atoms. The van der Waals surface area contributed by atoms with E-state index in [4.69, 9.17) is 16.6 Å². The van der Waals surface area contributed by atoms with Gasteiger partial charge in [-0.1, -0.05) is 30.7 Å². The molecular formula is C20H21ClN4O2S. The van der Waals surface area contributed by atoms with Gasteiger partial charge in [-0.25, -0.2) is 18.4 Å². The number of benzene rings is 2. The zero-order valence-corrected chi connectivity index (χ0v) is 17.0. The van der Waals surface area contributed by atoms with E-state index in [1.165, 1.54) is 12.1 Å². The van der Waals surface area contributed by atoms with Gasteiger partial charge in [-0.05, 0) is 55.2 Å². The molecule has 1 N–H and O–H groups in total. The first-order valence-electron chi connectivity index (χ1n) is 9.22. The van der Waals surface area contributed by atoms with Crippen LogP contribution < -0.4 is 9.62 Å². The van der Waals surface area contributed by atoms with Crippen molar-refractivity contribution in [2.24, 2.45) is 5.92 Å². The third-order valence-corrected chi connectivity index (χ3v) is 6.47. The lowest BCUT2D eigenvalue weighted by atomic mass is 10.0. The van der Waals surface area contributed by atoms with Crippen LogP contribution in [0.25, 0.3) is 11.0 Å². The number of piperidine rings is 1. The molecule has 1 saturated heterocycles. The minimum Gasteiger partial charge on any atom is -0.353 e. The standard InChI is InChI=1S/C20H21ClN4O2S/c1-14-5-4-12-25(13-14)20-19(22-17-6-2-3-7-18(17)23-20)24-28(26,27)16-10-8-15(21)9-11-16/h2-3,6-11,14H,4-5,12-13H2,1H3,(H,22,24)/t14-/m1/s1. The van der Waals surface area contributed by atoms with Crippen LogP contribution in [0, 0.1) is 5.92 Å². The second kappa shape index (κ2) is 7.56. The van der Waals surface area contributed by atoms with Crippen molar-refractivity contribution in [3.63, 3.8) is 0 Å². The highest BCUT2D eigenvalue weighted by molar-refractivity contribution is 7.92. The van der Waals surface area contributed by atoms with E-state index in [-0.39, 0.29) is 10.7 Å². The first-order valence-corrected chi connectivity index (χ1v) is 11.1. The van der Waals surface area contributed by atoms with Crippen molar-refractivity contribution in [3.8, 4) is 0 Å². The molecule has 6 nitrogen and oxygen atoms in total. The molecule has 0 aliphatic carbocycles. The number of aromatic nitrogens is 2. The lowest BCUT2D eigenvalue weighted by Crippen LogP contribution is -2.35. The number of nitrogens with zero attached hydrogens (tertiary/aromatic N) is 3. The molecule has 0 unspecified atom stereocenters. The topological polar surface area (TPSA) is 75.2 Å². The summed E-state index contributed by atoms with van der Waals surface area (Å²) in [7, 11) is -3.81. The molecule has 1 atom stereocenters. The summed E-state index contributed by atoms with van der Waals surface area (Å²) >= 11 is 5.88. The molecule has 4 rings (SSSR count). The van der Waals surface area contributed by atoms with Gasteiger partial charge in [0.25, 0.3) is 10.0 Å². The molecule has 3 aromatic rings. The molecule has 2 aromatic carbocycles. The average Bonchev–Trinajstić information content (AvgIpc) is 2.67. The molecule has 0 radical (unpaired) electrons. The van der Waals surface area contributed by atoms with Gasteiger partial charge in [0.15, 0.2) is 11.6 Å². The fourth-order valence-electron chi connectivity index (χ4n) is 3.46. The second-order valence-electron chi connectivity index (χ2n) is 7.14. The molecule has 2 heterocycles. The Morgan fingerprint density at radius 2 is 1.75 bits per heavy atom. The van der Waals surface area contributed by atoms with Gasteiger partial charge in [0.05, 0.1) is 15.9 Å². The Kier molecular flexibility index (Phi) is 5.12. The van der Waals surface area contributed by atoms with Crippen LogP contribution in [0.5, 0.6) is 0 Å². The van der Waals surface area contributed by atoms with Gasteiger partial charge in [-0.15, -0.1) is 0 Å². The normalized spacial score (nSPS) is 17.6. The molecule has 0 amide bonds. The fraction of sp³-hybridized carbons (Fsp3) is 0.300. The van der Waals surface area contributed by atoms with E-state index < -0.39 is 10.0 Å². The van der Waals surface area contributed by atoms with Gasteiger partial charge >= 0.3 is 0 Å². The number of hydrogen-bond donors (Lipinski definition) is 1. The van der Waals surface area contributed by atoms with Crippen LogP contribution in [0.3, 0.4) is 0 Å². The number of rotatable bonds is 4. The maximum absolute atomic E-state index is 12.9. The highest BCUT2D eigenvalue weighted by Crippen LogP contribution is 2.30. The second-order valence-corrected chi connectivity index (χ2v) is 9.26. The predicted octanol–water partition coefficient (Wildman–Crippen LogP) is 4.32. The van der Waals surface area contributed by atoms with Gasteiger partial charge in [-0.2, -0.15) is 0 Å². The Balaban J connectivity index is 1.78. The van der Waals surface area contributed by atoms with Crippen LogP contribution in [0.4, 0.5) is 11.6 Å². The van der Waals surface area contributed by atoms with Crippen molar-refractivity contribution < 1.29 is 8.42 Å². The van der Waals surface area contributed by atoms with E-state index in [1.807, 2.05) is 24.3 Å². The number of anilines is 2. The van der Waals surface area contributed by atoms with Crippen molar-refractivity contribution in [2.45, 2.75) is 24.7 Å². The number of para-hydroxylation sites is 2. The Bertz CT molecular complexity index is 1100. The summed E-state index contributed by atoms with van der Waals surface area (Å²) in [5.74, 6) is 1.34. The summed E-state index contributed by atoms with van der Waals surface area (Å²) in [6.45, 7) is 3.84. The zero-order chi connectivity index (χ0) is 19.7. The third-order valence-electron chi connectivity index (χ3n) is 4.86. The largest absolute Gasteiger partial charge is 0.353 e. The summed E-state index contributed by atoms with van der Waals surface area (Å²) in [5, 5.41) is 0.479. The highest BCUT2D eigenvalue weighted by Gasteiger charge is 2.25. The van der Waals surface area contributed by atoms with Crippen molar-refractivity contribution in [1.29, 1.82) is 0 Å². The molecule has 8 heteroatoms. The monoisotopic (exact) mass is 416 g/mol. The molecule has 0 saturated carbocycles. The maximum atomic E-state index is 12.9. The third kappa shape index (κ3) is 3.91. The first-order chi connectivity index (χ1) is 13.4. The molecule has 0 bridgehead atoms. The summed E-state index contributed by atoms with van der Waals surface area (Å²) < 4.78 is 28.5. The molecule has 1 aromatic heterocycles. The Morgan fingerprint density at radius 1 is 1.07 bits per heavy atom. The molecule has 1 fully saturated rings. The van der Waals surface area contributed by atoms with Gasteiger partial charge in [0.1, 0.15) is 0 Å². The number of fused-ring (bicyclic) bond motifs is 1. The summed E-state index contributed by atoms with van der Waals surface area (Å²) in [6, 6.07) is 13.5. The van der Waals surface area contributed by atoms with Crippen LogP contribution in [-0.2, 0) is 10.0 Å². The van der Waals surface area contributed by atoms with E-state index in [2.05, 4.69) is 21.5 Å². The molecule has 1 aliphatic rings. The van der Waals surface area contributed by atoms with E-state index in [0.29, 0.717) is 22.3 Å². The Morgan fingerprint density at radius 3 is 2.43 bits per heavy atom. The SMILES string of the molecule is C[C@@H]1CCCN(c2nc3ccccc3nc2NS(=O)(=O)c2ccc(Cl)cc2)C1. The summed E-state index contributed by atoms with van der Waals surface area (Å²) in [6.07, 6.45) is 2.20. The molecular weight excluding hydrogens is 396 g/mol. The van der Waals surface area contributed by atoms with Crippen molar-refractivity contribution in [2.75, 3.05) is 22.7 Å². The quantitative estimate of drug-likeness (QED) is 0.685. The number of halogens is 1. The average molecular weight is 417 g/mol. The van der Waals surface area contributed by atoms with Crippen molar-refractivity contribution >= 4 is 44.3 Å². The fourth-order valence-corrected chi connectivity index (χ4v) is 4.59. The van der Waals surface area contributed by atoms with Gasteiger partial charge in [0.2, 0.25) is 0 Å². The number of hydrogen-bond acceptors (Lipinski definition) is 5. The van der Waals surface area contributed by atoms with Gasteiger partial charge in [0, 0.05) is 18.1 Å². The van der Waals surface area contributed by atoms with Crippen molar-refractivity contribution in [1.82, 2.24) is 9.97 Å².